The Morgan fingerprint density at radius 2 is 1.64 bits per heavy atom. The van der Waals surface area contributed by atoms with E-state index in [-0.39, 0.29) is 17.7 Å². The van der Waals surface area contributed by atoms with Crippen molar-refractivity contribution in [3.05, 3.63) is 77.4 Å². The van der Waals surface area contributed by atoms with Crippen molar-refractivity contribution in [2.45, 2.75) is 26.2 Å². The summed E-state index contributed by atoms with van der Waals surface area (Å²) in [5, 5.41) is 7.96. The van der Waals surface area contributed by atoms with E-state index in [1.807, 2.05) is 48.5 Å². The van der Waals surface area contributed by atoms with Crippen LogP contribution in [0.2, 0.25) is 0 Å². The average molecular weight is 372 g/mol. The van der Waals surface area contributed by atoms with Gasteiger partial charge in [0.25, 0.3) is 5.91 Å². The highest BCUT2D eigenvalue weighted by Crippen LogP contribution is 2.32. The zero-order chi connectivity index (χ0) is 19.5. The molecule has 4 rings (SSSR count). The number of rotatable bonds is 6. The number of benzene rings is 3. The van der Waals surface area contributed by atoms with Gasteiger partial charge in [0.2, 0.25) is 5.91 Å². The summed E-state index contributed by atoms with van der Waals surface area (Å²) in [6.45, 7) is 2.62. The lowest BCUT2D eigenvalue weighted by atomic mass is 10.0. The van der Waals surface area contributed by atoms with Crippen LogP contribution >= 0.6 is 0 Å². The smallest absolute Gasteiger partial charge is 0.253 e. The summed E-state index contributed by atoms with van der Waals surface area (Å²) >= 11 is 0. The third-order valence-corrected chi connectivity index (χ3v) is 5.28. The SMILES string of the molecule is Cc1ccccc1CCNC(=O)c1cc2ccccc2cc1NC(=O)C1CC1. The fraction of sp³-hybridized carbons (Fsp3) is 0.250. The maximum absolute atomic E-state index is 12.9. The second kappa shape index (κ2) is 7.85. The third kappa shape index (κ3) is 4.06. The third-order valence-electron chi connectivity index (χ3n) is 5.28. The minimum atomic E-state index is -0.162. The highest BCUT2D eigenvalue weighted by Gasteiger charge is 2.30. The van der Waals surface area contributed by atoms with E-state index in [0.717, 1.165) is 30.0 Å². The molecule has 2 amide bonds. The fourth-order valence-electron chi connectivity index (χ4n) is 3.41. The van der Waals surface area contributed by atoms with Gasteiger partial charge in [0.1, 0.15) is 0 Å². The molecule has 4 nitrogen and oxygen atoms in total. The average Bonchev–Trinajstić information content (AvgIpc) is 3.54. The van der Waals surface area contributed by atoms with E-state index in [2.05, 4.69) is 29.7 Å². The molecule has 3 aromatic carbocycles. The summed E-state index contributed by atoms with van der Waals surface area (Å²) in [6.07, 6.45) is 2.63. The zero-order valence-corrected chi connectivity index (χ0v) is 16.0. The number of hydrogen-bond acceptors (Lipinski definition) is 2. The van der Waals surface area contributed by atoms with Crippen molar-refractivity contribution in [1.82, 2.24) is 5.32 Å². The van der Waals surface area contributed by atoms with Crippen LogP contribution in [0.15, 0.2) is 60.7 Å². The Hall–Kier alpha value is -3.14. The van der Waals surface area contributed by atoms with Crippen molar-refractivity contribution in [1.29, 1.82) is 0 Å². The van der Waals surface area contributed by atoms with E-state index in [1.54, 1.807) is 0 Å². The molecule has 1 aliphatic carbocycles. The lowest BCUT2D eigenvalue weighted by Crippen LogP contribution is -2.27. The summed E-state index contributed by atoms with van der Waals surface area (Å²) in [6, 6.07) is 19.8. The molecule has 4 heteroatoms. The van der Waals surface area contributed by atoms with Crippen molar-refractivity contribution < 1.29 is 9.59 Å². The number of anilines is 1. The van der Waals surface area contributed by atoms with Crippen LogP contribution in [0.5, 0.6) is 0 Å². The van der Waals surface area contributed by atoms with E-state index < -0.39 is 0 Å². The molecule has 1 fully saturated rings. The van der Waals surface area contributed by atoms with Gasteiger partial charge in [-0.05, 0) is 60.2 Å². The van der Waals surface area contributed by atoms with Gasteiger partial charge in [-0.3, -0.25) is 9.59 Å². The molecule has 1 saturated carbocycles. The molecular weight excluding hydrogens is 348 g/mol. The molecule has 0 aromatic heterocycles. The van der Waals surface area contributed by atoms with Crippen LogP contribution in [0.3, 0.4) is 0 Å². The number of aryl methyl sites for hydroxylation is 1. The summed E-state index contributed by atoms with van der Waals surface area (Å²) in [4.78, 5) is 25.2. The Labute approximate surface area is 165 Å². The molecule has 3 aromatic rings. The number of amides is 2. The Morgan fingerprint density at radius 1 is 0.964 bits per heavy atom. The Kier molecular flexibility index (Phi) is 5.11. The number of hydrogen-bond donors (Lipinski definition) is 2. The zero-order valence-electron chi connectivity index (χ0n) is 16.0. The van der Waals surface area contributed by atoms with Crippen LogP contribution in [0.4, 0.5) is 5.69 Å². The second-order valence-corrected chi connectivity index (χ2v) is 7.44. The van der Waals surface area contributed by atoms with Gasteiger partial charge in [0, 0.05) is 12.5 Å². The van der Waals surface area contributed by atoms with E-state index in [4.69, 9.17) is 0 Å². The maximum Gasteiger partial charge on any atom is 0.253 e. The summed E-state index contributed by atoms with van der Waals surface area (Å²) in [5.74, 6) is -0.0712. The van der Waals surface area contributed by atoms with Crippen molar-refractivity contribution in [3.63, 3.8) is 0 Å². The molecule has 1 aliphatic rings. The lowest BCUT2D eigenvalue weighted by Gasteiger charge is -2.13. The first-order chi connectivity index (χ1) is 13.6. The van der Waals surface area contributed by atoms with Crippen LogP contribution in [-0.2, 0) is 11.2 Å². The molecule has 0 aliphatic heterocycles. The van der Waals surface area contributed by atoms with Crippen molar-refractivity contribution >= 4 is 28.3 Å². The largest absolute Gasteiger partial charge is 0.352 e. The van der Waals surface area contributed by atoms with Gasteiger partial charge in [-0.1, -0.05) is 48.5 Å². The van der Waals surface area contributed by atoms with Gasteiger partial charge in [-0.25, -0.2) is 0 Å². The molecule has 28 heavy (non-hydrogen) atoms. The minimum absolute atomic E-state index is 0.00393. The summed E-state index contributed by atoms with van der Waals surface area (Å²) in [5.41, 5.74) is 3.55. The number of nitrogens with one attached hydrogen (secondary N) is 2. The molecular formula is C24H24N2O2. The quantitative estimate of drug-likeness (QED) is 0.671. The normalized spacial score (nSPS) is 13.3. The Morgan fingerprint density at radius 3 is 2.36 bits per heavy atom. The van der Waals surface area contributed by atoms with E-state index in [9.17, 15) is 9.59 Å². The predicted octanol–water partition coefficient (Wildman–Crippen LogP) is 4.47. The van der Waals surface area contributed by atoms with Crippen molar-refractivity contribution in [2.75, 3.05) is 11.9 Å². The number of carbonyl (C=O) groups is 2. The van der Waals surface area contributed by atoms with E-state index in [1.165, 1.54) is 11.1 Å². The topological polar surface area (TPSA) is 58.2 Å². The fourth-order valence-corrected chi connectivity index (χ4v) is 3.41. The van der Waals surface area contributed by atoms with Gasteiger partial charge in [-0.2, -0.15) is 0 Å². The van der Waals surface area contributed by atoms with Gasteiger partial charge in [-0.15, -0.1) is 0 Å². The molecule has 0 heterocycles. The minimum Gasteiger partial charge on any atom is -0.352 e. The second-order valence-electron chi connectivity index (χ2n) is 7.44. The highest BCUT2D eigenvalue weighted by molar-refractivity contribution is 6.08. The Bertz CT molecular complexity index is 1040. The van der Waals surface area contributed by atoms with Crippen LogP contribution in [0.1, 0.15) is 34.3 Å². The van der Waals surface area contributed by atoms with Crippen LogP contribution < -0.4 is 10.6 Å². The van der Waals surface area contributed by atoms with E-state index >= 15 is 0 Å². The first kappa shape index (κ1) is 18.2. The van der Waals surface area contributed by atoms with E-state index in [0.29, 0.717) is 17.8 Å². The van der Waals surface area contributed by atoms with Crippen LogP contribution in [0, 0.1) is 12.8 Å². The van der Waals surface area contributed by atoms with Gasteiger partial charge in [0.15, 0.2) is 0 Å². The molecule has 0 radical (unpaired) electrons. The molecule has 142 valence electrons. The predicted molar refractivity (Wildman–Crippen MR) is 113 cm³/mol. The van der Waals surface area contributed by atoms with Crippen LogP contribution in [-0.4, -0.2) is 18.4 Å². The molecule has 2 N–H and O–H groups in total. The monoisotopic (exact) mass is 372 g/mol. The lowest BCUT2D eigenvalue weighted by molar-refractivity contribution is -0.117. The summed E-state index contributed by atoms with van der Waals surface area (Å²) in [7, 11) is 0. The summed E-state index contributed by atoms with van der Waals surface area (Å²) < 4.78 is 0. The standard InChI is InChI=1S/C24H24N2O2/c1-16-6-2-3-7-17(16)12-13-25-24(28)21-14-19-8-4-5-9-20(19)15-22(21)26-23(27)18-10-11-18/h2-9,14-15,18H,10-13H2,1H3,(H,25,28)(H,26,27). The van der Waals surface area contributed by atoms with Gasteiger partial charge < -0.3 is 10.6 Å². The molecule has 0 spiro atoms. The van der Waals surface area contributed by atoms with Crippen LogP contribution in [0.25, 0.3) is 10.8 Å². The van der Waals surface area contributed by atoms with Gasteiger partial charge >= 0.3 is 0 Å². The Balaban J connectivity index is 1.53. The molecule has 0 saturated heterocycles. The highest BCUT2D eigenvalue weighted by atomic mass is 16.2. The molecule has 0 bridgehead atoms. The van der Waals surface area contributed by atoms with Crippen molar-refractivity contribution in [2.24, 2.45) is 5.92 Å². The van der Waals surface area contributed by atoms with Gasteiger partial charge in [0.05, 0.1) is 11.3 Å². The maximum atomic E-state index is 12.9. The molecule has 0 unspecified atom stereocenters. The molecule has 0 atom stereocenters. The number of fused-ring (bicyclic) bond motifs is 1. The first-order valence-corrected chi connectivity index (χ1v) is 9.78. The number of carbonyl (C=O) groups excluding carboxylic acids is 2. The first-order valence-electron chi connectivity index (χ1n) is 9.78. The van der Waals surface area contributed by atoms with Crippen molar-refractivity contribution in [3.8, 4) is 0 Å².